The van der Waals surface area contributed by atoms with Gasteiger partial charge < -0.3 is 9.73 Å². The summed E-state index contributed by atoms with van der Waals surface area (Å²) in [5.41, 5.74) is 2.74. The first kappa shape index (κ1) is 18.5. The Labute approximate surface area is 172 Å². The van der Waals surface area contributed by atoms with Crippen molar-refractivity contribution in [2.24, 2.45) is 0 Å². The van der Waals surface area contributed by atoms with Gasteiger partial charge in [-0.05, 0) is 49.9 Å². The van der Waals surface area contributed by atoms with Gasteiger partial charge in [0.15, 0.2) is 11.5 Å². The van der Waals surface area contributed by atoms with Crippen LogP contribution in [-0.4, -0.2) is 27.1 Å². The van der Waals surface area contributed by atoms with Crippen LogP contribution in [0.4, 0.5) is 0 Å². The van der Waals surface area contributed by atoms with E-state index in [4.69, 9.17) is 4.42 Å². The standard InChI is InChI=1S/C23H22N4O3/c1-13-24-19-11-8-15(12-20(19)30-13)22(28)25-16-9-6-14(7-10-16)21-17-4-2-3-5-18(17)23(29)27-26-21/h2-5,8,11-12,14,16H,6-7,9-10H2,1H3,(H,25,28)(H,27,29)/t14-,16-. The minimum Gasteiger partial charge on any atom is -0.441 e. The number of hydrogen-bond donors (Lipinski definition) is 2. The molecule has 30 heavy (non-hydrogen) atoms. The Balaban J connectivity index is 1.27. The highest BCUT2D eigenvalue weighted by molar-refractivity contribution is 5.97. The first-order chi connectivity index (χ1) is 14.6. The maximum absolute atomic E-state index is 12.7. The molecule has 0 aliphatic heterocycles. The van der Waals surface area contributed by atoms with Gasteiger partial charge in [0.2, 0.25) is 0 Å². The average Bonchev–Trinajstić information content (AvgIpc) is 3.14. The second-order valence-corrected chi connectivity index (χ2v) is 7.92. The molecule has 0 radical (unpaired) electrons. The number of amides is 1. The summed E-state index contributed by atoms with van der Waals surface area (Å²) < 4.78 is 5.53. The van der Waals surface area contributed by atoms with Crippen LogP contribution in [-0.2, 0) is 0 Å². The Hall–Kier alpha value is -3.48. The Morgan fingerprint density at radius 3 is 2.67 bits per heavy atom. The molecule has 4 aromatic rings. The highest BCUT2D eigenvalue weighted by Crippen LogP contribution is 2.34. The van der Waals surface area contributed by atoms with Crippen molar-refractivity contribution in [1.29, 1.82) is 0 Å². The van der Waals surface area contributed by atoms with Crippen LogP contribution in [0.25, 0.3) is 21.9 Å². The molecule has 0 atom stereocenters. The number of hydrogen-bond acceptors (Lipinski definition) is 5. The van der Waals surface area contributed by atoms with Crippen LogP contribution in [0.5, 0.6) is 0 Å². The average molecular weight is 402 g/mol. The van der Waals surface area contributed by atoms with Crippen molar-refractivity contribution in [2.75, 3.05) is 0 Å². The third-order valence-electron chi connectivity index (χ3n) is 5.93. The summed E-state index contributed by atoms with van der Waals surface area (Å²) in [5.74, 6) is 0.764. The van der Waals surface area contributed by atoms with Crippen molar-refractivity contribution in [3.05, 3.63) is 70.0 Å². The van der Waals surface area contributed by atoms with E-state index in [9.17, 15) is 9.59 Å². The van der Waals surface area contributed by atoms with Gasteiger partial charge in [-0.1, -0.05) is 18.2 Å². The molecule has 2 aromatic heterocycles. The fraction of sp³-hybridized carbons (Fsp3) is 0.304. The van der Waals surface area contributed by atoms with E-state index in [1.165, 1.54) is 0 Å². The number of rotatable bonds is 3. The summed E-state index contributed by atoms with van der Waals surface area (Å²) in [6.45, 7) is 1.79. The van der Waals surface area contributed by atoms with Gasteiger partial charge >= 0.3 is 0 Å². The van der Waals surface area contributed by atoms with Gasteiger partial charge in [0.05, 0.1) is 11.1 Å². The molecule has 0 bridgehead atoms. The number of nitrogens with one attached hydrogen (secondary N) is 2. The van der Waals surface area contributed by atoms with E-state index >= 15 is 0 Å². The van der Waals surface area contributed by atoms with Crippen LogP contribution in [0.3, 0.4) is 0 Å². The number of nitrogens with zero attached hydrogens (tertiary/aromatic N) is 2. The predicted molar refractivity (Wildman–Crippen MR) is 114 cm³/mol. The third-order valence-corrected chi connectivity index (χ3v) is 5.93. The lowest BCUT2D eigenvalue weighted by Crippen LogP contribution is -2.37. The maximum Gasteiger partial charge on any atom is 0.272 e. The lowest BCUT2D eigenvalue weighted by molar-refractivity contribution is 0.0925. The zero-order valence-electron chi connectivity index (χ0n) is 16.6. The molecule has 0 unspecified atom stereocenters. The zero-order chi connectivity index (χ0) is 20.7. The second-order valence-electron chi connectivity index (χ2n) is 7.92. The number of benzene rings is 2. The smallest absolute Gasteiger partial charge is 0.272 e. The molecule has 2 heterocycles. The van der Waals surface area contributed by atoms with E-state index in [0.717, 1.165) is 42.3 Å². The summed E-state index contributed by atoms with van der Waals surface area (Å²) in [5, 5.41) is 11.7. The van der Waals surface area contributed by atoms with E-state index in [1.54, 1.807) is 19.1 Å². The monoisotopic (exact) mass is 402 g/mol. The number of aromatic nitrogens is 3. The topological polar surface area (TPSA) is 101 Å². The lowest BCUT2D eigenvalue weighted by Gasteiger charge is -2.29. The number of oxazole rings is 1. The molecule has 1 aliphatic carbocycles. The van der Waals surface area contributed by atoms with E-state index in [0.29, 0.717) is 22.4 Å². The second kappa shape index (κ2) is 7.40. The maximum atomic E-state index is 12.7. The lowest BCUT2D eigenvalue weighted by atomic mass is 9.82. The van der Waals surface area contributed by atoms with E-state index in [1.807, 2.05) is 30.3 Å². The van der Waals surface area contributed by atoms with Crippen LogP contribution in [0.2, 0.25) is 0 Å². The fourth-order valence-corrected chi connectivity index (χ4v) is 4.41. The number of aromatic amines is 1. The molecular formula is C23H22N4O3. The number of fused-ring (bicyclic) bond motifs is 2. The molecule has 152 valence electrons. The number of H-pyrrole nitrogens is 1. The molecule has 1 fully saturated rings. The Kier molecular flexibility index (Phi) is 4.58. The molecule has 1 amide bonds. The zero-order valence-corrected chi connectivity index (χ0v) is 16.6. The molecule has 0 saturated heterocycles. The molecule has 7 nitrogen and oxygen atoms in total. The van der Waals surface area contributed by atoms with Crippen molar-refractivity contribution in [1.82, 2.24) is 20.5 Å². The summed E-state index contributed by atoms with van der Waals surface area (Å²) in [6.07, 6.45) is 3.56. The third kappa shape index (κ3) is 3.36. The van der Waals surface area contributed by atoms with Gasteiger partial charge in [0.1, 0.15) is 5.52 Å². The van der Waals surface area contributed by atoms with Gasteiger partial charge in [-0.15, -0.1) is 0 Å². The molecule has 2 N–H and O–H groups in total. The van der Waals surface area contributed by atoms with Crippen molar-refractivity contribution in [3.63, 3.8) is 0 Å². The van der Waals surface area contributed by atoms with Crippen LogP contribution < -0.4 is 10.9 Å². The van der Waals surface area contributed by atoms with Gasteiger partial charge in [-0.2, -0.15) is 5.10 Å². The first-order valence-corrected chi connectivity index (χ1v) is 10.2. The minimum atomic E-state index is -0.158. The van der Waals surface area contributed by atoms with Crippen molar-refractivity contribution >= 4 is 27.8 Å². The molecule has 2 aromatic carbocycles. The minimum absolute atomic E-state index is 0.0954. The Morgan fingerprint density at radius 1 is 1.10 bits per heavy atom. The van der Waals surface area contributed by atoms with Crippen LogP contribution >= 0.6 is 0 Å². The summed E-state index contributed by atoms with van der Waals surface area (Å²) in [7, 11) is 0. The number of aryl methyl sites for hydroxylation is 1. The summed E-state index contributed by atoms with van der Waals surface area (Å²) >= 11 is 0. The summed E-state index contributed by atoms with van der Waals surface area (Å²) in [6, 6.07) is 13.0. The van der Waals surface area contributed by atoms with Crippen LogP contribution in [0.15, 0.2) is 51.7 Å². The summed E-state index contributed by atoms with van der Waals surface area (Å²) in [4.78, 5) is 29.0. The predicted octanol–water partition coefficient (Wildman–Crippen LogP) is 3.83. The Morgan fingerprint density at radius 2 is 1.87 bits per heavy atom. The van der Waals surface area contributed by atoms with E-state index < -0.39 is 0 Å². The van der Waals surface area contributed by atoms with Gasteiger partial charge in [-0.25, -0.2) is 10.1 Å². The molecule has 7 heteroatoms. The van der Waals surface area contributed by atoms with Crippen LogP contribution in [0, 0.1) is 6.92 Å². The molecule has 1 saturated carbocycles. The highest BCUT2D eigenvalue weighted by atomic mass is 16.3. The highest BCUT2D eigenvalue weighted by Gasteiger charge is 2.26. The fourth-order valence-electron chi connectivity index (χ4n) is 4.41. The van der Waals surface area contributed by atoms with E-state index in [2.05, 4.69) is 20.5 Å². The molecular weight excluding hydrogens is 380 g/mol. The van der Waals surface area contributed by atoms with E-state index in [-0.39, 0.29) is 23.4 Å². The first-order valence-electron chi connectivity index (χ1n) is 10.2. The van der Waals surface area contributed by atoms with Crippen LogP contribution in [0.1, 0.15) is 53.5 Å². The molecule has 1 aliphatic rings. The Bertz CT molecular complexity index is 1300. The van der Waals surface area contributed by atoms with Crippen molar-refractivity contribution < 1.29 is 9.21 Å². The van der Waals surface area contributed by atoms with Gasteiger partial charge in [0, 0.05) is 29.8 Å². The number of carbonyl (C=O) groups is 1. The normalized spacial score (nSPS) is 19.2. The SMILES string of the molecule is Cc1nc2ccc(C(=O)N[C@H]3CC[C@H](c4n[nH]c(=O)c5ccccc54)CC3)cc2o1. The van der Waals surface area contributed by atoms with Gasteiger partial charge in [-0.3, -0.25) is 9.59 Å². The molecule has 0 spiro atoms. The quantitative estimate of drug-likeness (QED) is 0.542. The van der Waals surface area contributed by atoms with Crippen molar-refractivity contribution in [2.45, 2.75) is 44.6 Å². The number of carbonyl (C=O) groups excluding carboxylic acids is 1. The van der Waals surface area contributed by atoms with Gasteiger partial charge in [0.25, 0.3) is 11.5 Å². The largest absolute Gasteiger partial charge is 0.441 e. The molecule has 5 rings (SSSR count). The van der Waals surface area contributed by atoms with Crippen molar-refractivity contribution in [3.8, 4) is 0 Å².